The van der Waals surface area contributed by atoms with Crippen LogP contribution in [0.25, 0.3) is 0 Å². The fourth-order valence-electron chi connectivity index (χ4n) is 3.00. The number of hydrogen-bond donors (Lipinski definition) is 2. The Kier molecular flexibility index (Phi) is 6.38. The molecule has 1 aromatic heterocycles. The fraction of sp³-hybridized carbons (Fsp3) is 0.444. The minimum Gasteiger partial charge on any atom is -0.435 e. The lowest BCUT2D eigenvalue weighted by Crippen LogP contribution is -2.30. The first-order chi connectivity index (χ1) is 12.6. The van der Waals surface area contributed by atoms with Gasteiger partial charge in [-0.2, -0.15) is 8.78 Å². The molecular formula is C18H21F2N3O2S. The Morgan fingerprint density at radius 1 is 1.23 bits per heavy atom. The summed E-state index contributed by atoms with van der Waals surface area (Å²) in [5.74, 6) is 0.492. The summed E-state index contributed by atoms with van der Waals surface area (Å²) in [6.45, 7) is -2.15. The molecule has 1 amide bonds. The maximum atomic E-state index is 12.2. The van der Waals surface area contributed by atoms with Gasteiger partial charge in [0.25, 0.3) is 5.91 Å². The van der Waals surface area contributed by atoms with E-state index >= 15 is 0 Å². The lowest BCUT2D eigenvalue weighted by atomic mass is 9.89. The molecule has 0 unspecified atom stereocenters. The zero-order valence-electron chi connectivity index (χ0n) is 14.2. The largest absolute Gasteiger partial charge is 0.435 e. The molecular weight excluding hydrogens is 360 g/mol. The first-order valence-corrected chi connectivity index (χ1v) is 9.54. The molecule has 1 aromatic carbocycles. The molecule has 3 rings (SSSR count). The van der Waals surface area contributed by atoms with E-state index in [0.29, 0.717) is 29.0 Å². The number of halogens is 2. The van der Waals surface area contributed by atoms with Crippen molar-refractivity contribution in [1.82, 2.24) is 10.3 Å². The molecule has 0 bridgehead atoms. The highest BCUT2D eigenvalue weighted by atomic mass is 32.1. The van der Waals surface area contributed by atoms with E-state index in [4.69, 9.17) is 0 Å². The summed E-state index contributed by atoms with van der Waals surface area (Å²) < 4.78 is 28.6. The number of ether oxygens (including phenoxy) is 1. The van der Waals surface area contributed by atoms with E-state index < -0.39 is 6.61 Å². The van der Waals surface area contributed by atoms with Gasteiger partial charge >= 0.3 is 6.61 Å². The van der Waals surface area contributed by atoms with Crippen molar-refractivity contribution < 1.29 is 18.3 Å². The van der Waals surface area contributed by atoms with Crippen molar-refractivity contribution in [2.45, 2.75) is 38.7 Å². The number of hydrogen-bond acceptors (Lipinski definition) is 5. The average Bonchev–Trinajstić information content (AvgIpc) is 3.10. The summed E-state index contributed by atoms with van der Waals surface area (Å²) in [5, 5.41) is 8.28. The summed E-state index contributed by atoms with van der Waals surface area (Å²) in [5.41, 5.74) is 1.06. The predicted octanol–water partition coefficient (Wildman–Crippen LogP) is 4.80. The van der Waals surface area contributed by atoms with Crippen molar-refractivity contribution in [3.63, 3.8) is 0 Å². The SMILES string of the molecule is O=C(NCC1CCCCC1)c1csc(Nc2ccc(OC(F)F)cc2)n1. The van der Waals surface area contributed by atoms with E-state index in [9.17, 15) is 13.6 Å². The molecule has 8 heteroatoms. The summed E-state index contributed by atoms with van der Waals surface area (Å²) in [4.78, 5) is 16.5. The zero-order chi connectivity index (χ0) is 18.4. The van der Waals surface area contributed by atoms with Gasteiger partial charge in [-0.25, -0.2) is 4.98 Å². The van der Waals surface area contributed by atoms with Crippen LogP contribution < -0.4 is 15.4 Å². The first-order valence-electron chi connectivity index (χ1n) is 8.66. The Labute approximate surface area is 154 Å². The second-order valence-corrected chi connectivity index (χ2v) is 7.14. The van der Waals surface area contributed by atoms with E-state index in [1.807, 2.05) is 0 Å². The third-order valence-electron chi connectivity index (χ3n) is 4.34. The van der Waals surface area contributed by atoms with Gasteiger partial charge in [0.1, 0.15) is 11.4 Å². The number of nitrogens with zero attached hydrogens (tertiary/aromatic N) is 1. The zero-order valence-corrected chi connectivity index (χ0v) is 15.0. The lowest BCUT2D eigenvalue weighted by molar-refractivity contribution is -0.0498. The number of carbonyl (C=O) groups excluding carboxylic acids is 1. The van der Waals surface area contributed by atoms with Crippen molar-refractivity contribution in [2.24, 2.45) is 5.92 Å². The van der Waals surface area contributed by atoms with Gasteiger partial charge in [-0.05, 0) is 43.0 Å². The second kappa shape index (κ2) is 8.93. The Bertz CT molecular complexity index is 715. The highest BCUT2D eigenvalue weighted by Gasteiger charge is 2.16. The third-order valence-corrected chi connectivity index (χ3v) is 5.10. The van der Waals surface area contributed by atoms with Crippen LogP contribution in [0.5, 0.6) is 5.75 Å². The Morgan fingerprint density at radius 3 is 2.65 bits per heavy atom. The molecule has 2 N–H and O–H groups in total. The number of carbonyl (C=O) groups is 1. The minimum absolute atomic E-state index is 0.0902. The summed E-state index contributed by atoms with van der Waals surface area (Å²) in [6, 6.07) is 6.11. The van der Waals surface area contributed by atoms with Crippen molar-refractivity contribution >= 4 is 28.1 Å². The number of nitrogens with one attached hydrogen (secondary N) is 2. The topological polar surface area (TPSA) is 63.2 Å². The van der Waals surface area contributed by atoms with Gasteiger partial charge in [0, 0.05) is 17.6 Å². The van der Waals surface area contributed by atoms with Crippen molar-refractivity contribution in [2.75, 3.05) is 11.9 Å². The Balaban J connectivity index is 1.51. The van der Waals surface area contributed by atoms with Gasteiger partial charge in [-0.3, -0.25) is 4.79 Å². The average molecular weight is 381 g/mol. The molecule has 0 atom stereocenters. The molecule has 0 radical (unpaired) electrons. The third kappa shape index (κ3) is 5.39. The number of benzene rings is 1. The summed E-state index contributed by atoms with van der Waals surface area (Å²) in [6.07, 6.45) is 6.13. The van der Waals surface area contributed by atoms with Crippen LogP contribution in [0.3, 0.4) is 0 Å². The van der Waals surface area contributed by atoms with E-state index in [-0.39, 0.29) is 11.7 Å². The van der Waals surface area contributed by atoms with Crippen LogP contribution in [0, 0.1) is 5.92 Å². The molecule has 1 aliphatic rings. The van der Waals surface area contributed by atoms with Crippen LogP contribution in [0.4, 0.5) is 19.6 Å². The van der Waals surface area contributed by atoms with Crippen LogP contribution >= 0.6 is 11.3 Å². The molecule has 1 aliphatic carbocycles. The second-order valence-electron chi connectivity index (χ2n) is 6.28. The molecule has 0 spiro atoms. The van der Waals surface area contributed by atoms with Gasteiger partial charge in [0.05, 0.1) is 0 Å². The van der Waals surface area contributed by atoms with Gasteiger partial charge in [0.2, 0.25) is 0 Å². The quantitative estimate of drug-likeness (QED) is 0.723. The molecule has 5 nitrogen and oxygen atoms in total. The lowest BCUT2D eigenvalue weighted by Gasteiger charge is -2.21. The standard InChI is InChI=1S/C18H21F2N3O2S/c19-17(20)25-14-8-6-13(7-9-14)22-18-23-15(11-26-18)16(24)21-10-12-4-2-1-3-5-12/h6-9,11-12,17H,1-5,10H2,(H,21,24)(H,22,23). The van der Waals surface area contributed by atoms with Crippen LogP contribution in [0.2, 0.25) is 0 Å². The minimum atomic E-state index is -2.84. The fourth-order valence-corrected chi connectivity index (χ4v) is 3.71. The van der Waals surface area contributed by atoms with Crippen molar-refractivity contribution in [1.29, 1.82) is 0 Å². The number of alkyl halides is 2. The summed E-state index contributed by atoms with van der Waals surface area (Å²) in [7, 11) is 0. The van der Waals surface area contributed by atoms with Crippen LogP contribution in [-0.2, 0) is 0 Å². The smallest absolute Gasteiger partial charge is 0.387 e. The van der Waals surface area contributed by atoms with E-state index in [1.54, 1.807) is 17.5 Å². The Hall–Kier alpha value is -2.22. The van der Waals surface area contributed by atoms with Gasteiger partial charge < -0.3 is 15.4 Å². The summed E-state index contributed by atoms with van der Waals surface area (Å²) >= 11 is 1.31. The van der Waals surface area contributed by atoms with Crippen LogP contribution in [0.1, 0.15) is 42.6 Å². The molecule has 140 valence electrons. The van der Waals surface area contributed by atoms with E-state index in [2.05, 4.69) is 20.4 Å². The molecule has 26 heavy (non-hydrogen) atoms. The normalized spacial score (nSPS) is 15.0. The maximum Gasteiger partial charge on any atom is 0.387 e. The molecule has 0 aliphatic heterocycles. The molecule has 2 aromatic rings. The predicted molar refractivity (Wildman–Crippen MR) is 97.4 cm³/mol. The van der Waals surface area contributed by atoms with E-state index in [1.165, 1.54) is 55.6 Å². The number of amides is 1. The van der Waals surface area contributed by atoms with Crippen LogP contribution in [0.15, 0.2) is 29.6 Å². The number of thiazole rings is 1. The first kappa shape index (κ1) is 18.6. The highest BCUT2D eigenvalue weighted by molar-refractivity contribution is 7.14. The number of rotatable bonds is 7. The maximum absolute atomic E-state index is 12.2. The van der Waals surface area contributed by atoms with Gasteiger partial charge in [0.15, 0.2) is 5.13 Å². The molecule has 1 heterocycles. The van der Waals surface area contributed by atoms with Gasteiger partial charge in [-0.1, -0.05) is 19.3 Å². The number of aromatic nitrogens is 1. The van der Waals surface area contributed by atoms with Crippen molar-refractivity contribution in [3.8, 4) is 5.75 Å². The van der Waals surface area contributed by atoms with Gasteiger partial charge in [-0.15, -0.1) is 11.3 Å². The Morgan fingerprint density at radius 2 is 1.96 bits per heavy atom. The highest BCUT2D eigenvalue weighted by Crippen LogP contribution is 2.25. The number of anilines is 2. The van der Waals surface area contributed by atoms with Crippen molar-refractivity contribution in [3.05, 3.63) is 35.3 Å². The van der Waals surface area contributed by atoms with E-state index in [0.717, 1.165) is 0 Å². The molecule has 0 saturated heterocycles. The van der Waals surface area contributed by atoms with Crippen LogP contribution in [-0.4, -0.2) is 24.0 Å². The molecule has 1 saturated carbocycles. The monoisotopic (exact) mass is 381 g/mol. The molecule has 1 fully saturated rings.